The standard InChI is InChI=1S/C16H25NO2/c1-6-16(19-13(3)18)11-12(2)17(5)14-9-7-8-10-15(14,16)4/h1,12,14H,7-11H2,2-5H3. The third-order valence-electron chi connectivity index (χ3n) is 5.40. The molecule has 4 atom stereocenters. The van der Waals surface area contributed by atoms with Gasteiger partial charge in [-0.25, -0.2) is 0 Å². The third kappa shape index (κ3) is 2.07. The van der Waals surface area contributed by atoms with Gasteiger partial charge in [-0.2, -0.15) is 0 Å². The zero-order valence-electron chi connectivity index (χ0n) is 12.5. The lowest BCUT2D eigenvalue weighted by Gasteiger charge is -2.59. The number of likely N-dealkylation sites (tertiary alicyclic amines) is 1. The molecule has 2 rings (SSSR count). The predicted molar refractivity (Wildman–Crippen MR) is 75.5 cm³/mol. The maximum atomic E-state index is 11.5. The molecule has 1 aliphatic carbocycles. The van der Waals surface area contributed by atoms with Crippen LogP contribution in [0.2, 0.25) is 0 Å². The highest BCUT2D eigenvalue weighted by Crippen LogP contribution is 2.53. The first kappa shape index (κ1) is 14.4. The second-order valence-corrected chi connectivity index (χ2v) is 6.46. The molecule has 1 aliphatic heterocycles. The van der Waals surface area contributed by atoms with Crippen molar-refractivity contribution < 1.29 is 9.53 Å². The number of esters is 1. The second-order valence-electron chi connectivity index (χ2n) is 6.46. The molecule has 1 saturated carbocycles. The summed E-state index contributed by atoms with van der Waals surface area (Å²) in [5.74, 6) is 2.61. The van der Waals surface area contributed by atoms with Gasteiger partial charge in [-0.05, 0) is 26.8 Å². The monoisotopic (exact) mass is 263 g/mol. The smallest absolute Gasteiger partial charge is 0.304 e. The molecule has 19 heavy (non-hydrogen) atoms. The van der Waals surface area contributed by atoms with Crippen LogP contribution in [0.1, 0.15) is 52.9 Å². The Kier molecular flexibility index (Phi) is 3.66. The van der Waals surface area contributed by atoms with Crippen LogP contribution >= 0.6 is 0 Å². The Hall–Kier alpha value is -1.01. The van der Waals surface area contributed by atoms with E-state index in [0.29, 0.717) is 12.1 Å². The molecule has 3 heteroatoms. The van der Waals surface area contributed by atoms with Gasteiger partial charge in [0.15, 0.2) is 5.60 Å². The van der Waals surface area contributed by atoms with Gasteiger partial charge in [0.2, 0.25) is 0 Å². The van der Waals surface area contributed by atoms with Crippen LogP contribution in [0.25, 0.3) is 0 Å². The van der Waals surface area contributed by atoms with E-state index >= 15 is 0 Å². The molecule has 106 valence electrons. The van der Waals surface area contributed by atoms with Gasteiger partial charge < -0.3 is 4.74 Å². The molecule has 3 nitrogen and oxygen atoms in total. The van der Waals surface area contributed by atoms with Crippen LogP contribution in [0.3, 0.4) is 0 Å². The van der Waals surface area contributed by atoms with Crippen molar-refractivity contribution in [1.29, 1.82) is 0 Å². The Morgan fingerprint density at radius 1 is 1.47 bits per heavy atom. The zero-order chi connectivity index (χ0) is 14.3. The molecule has 0 spiro atoms. The summed E-state index contributed by atoms with van der Waals surface area (Å²) >= 11 is 0. The van der Waals surface area contributed by atoms with E-state index in [0.717, 1.165) is 19.3 Å². The van der Waals surface area contributed by atoms with Crippen molar-refractivity contribution in [3.05, 3.63) is 0 Å². The summed E-state index contributed by atoms with van der Waals surface area (Å²) in [4.78, 5) is 14.0. The van der Waals surface area contributed by atoms with Gasteiger partial charge in [0.1, 0.15) is 0 Å². The normalized spacial score (nSPS) is 43.1. The van der Waals surface area contributed by atoms with Crippen LogP contribution in [0.5, 0.6) is 0 Å². The zero-order valence-corrected chi connectivity index (χ0v) is 12.5. The number of carbonyl (C=O) groups is 1. The molecule has 2 fully saturated rings. The second kappa shape index (κ2) is 4.83. The minimum Gasteiger partial charge on any atom is -0.445 e. The van der Waals surface area contributed by atoms with Crippen LogP contribution in [-0.2, 0) is 9.53 Å². The van der Waals surface area contributed by atoms with Crippen molar-refractivity contribution in [2.24, 2.45) is 5.41 Å². The minimum atomic E-state index is -0.740. The largest absolute Gasteiger partial charge is 0.445 e. The van der Waals surface area contributed by atoms with Gasteiger partial charge in [0.25, 0.3) is 0 Å². The summed E-state index contributed by atoms with van der Waals surface area (Å²) in [5, 5.41) is 0. The average molecular weight is 263 g/mol. The highest BCUT2D eigenvalue weighted by atomic mass is 16.6. The lowest BCUT2D eigenvalue weighted by molar-refractivity contribution is -0.192. The summed E-state index contributed by atoms with van der Waals surface area (Å²) in [6.07, 6.45) is 11.1. The van der Waals surface area contributed by atoms with Crippen LogP contribution in [0.15, 0.2) is 0 Å². The van der Waals surface area contributed by atoms with E-state index in [1.54, 1.807) is 0 Å². The Labute approximate surface area is 116 Å². The van der Waals surface area contributed by atoms with Crippen LogP contribution in [0, 0.1) is 17.8 Å². The number of fused-ring (bicyclic) bond motifs is 1. The first-order valence-electron chi connectivity index (χ1n) is 7.25. The molecule has 0 bridgehead atoms. The number of rotatable bonds is 1. The number of carbonyl (C=O) groups excluding carboxylic acids is 1. The van der Waals surface area contributed by atoms with E-state index in [-0.39, 0.29) is 11.4 Å². The fourth-order valence-corrected chi connectivity index (χ4v) is 4.20. The number of hydrogen-bond acceptors (Lipinski definition) is 3. The highest BCUT2D eigenvalue weighted by molar-refractivity contribution is 5.67. The van der Waals surface area contributed by atoms with Crippen LogP contribution in [-0.4, -0.2) is 35.6 Å². The molecule has 0 aromatic heterocycles. The Balaban J connectivity index is 2.46. The van der Waals surface area contributed by atoms with Gasteiger partial charge in [0, 0.05) is 30.8 Å². The lowest BCUT2D eigenvalue weighted by Crippen LogP contribution is -2.67. The average Bonchev–Trinajstić information content (AvgIpc) is 2.35. The Morgan fingerprint density at radius 3 is 2.74 bits per heavy atom. The number of terminal acetylenes is 1. The van der Waals surface area contributed by atoms with E-state index in [1.807, 2.05) is 0 Å². The number of hydrogen-bond donors (Lipinski definition) is 0. The van der Waals surface area contributed by atoms with E-state index in [9.17, 15) is 4.79 Å². The molecule has 2 aliphatic rings. The number of piperidine rings is 1. The van der Waals surface area contributed by atoms with Crippen molar-refractivity contribution in [2.45, 2.75) is 70.6 Å². The Bertz CT molecular complexity index is 413. The maximum Gasteiger partial charge on any atom is 0.304 e. The number of nitrogens with zero attached hydrogens (tertiary/aromatic N) is 1. The van der Waals surface area contributed by atoms with Crippen molar-refractivity contribution >= 4 is 5.97 Å². The van der Waals surface area contributed by atoms with E-state index in [2.05, 4.69) is 31.7 Å². The van der Waals surface area contributed by atoms with E-state index in [4.69, 9.17) is 11.2 Å². The molecule has 0 N–H and O–H groups in total. The maximum absolute atomic E-state index is 11.5. The van der Waals surface area contributed by atoms with Gasteiger partial charge in [-0.3, -0.25) is 9.69 Å². The molecule has 4 unspecified atom stereocenters. The molecular weight excluding hydrogens is 238 g/mol. The molecule has 0 aromatic carbocycles. The molecule has 0 radical (unpaired) electrons. The topological polar surface area (TPSA) is 29.5 Å². The summed E-state index contributed by atoms with van der Waals surface area (Å²) in [5.41, 5.74) is -0.872. The fourth-order valence-electron chi connectivity index (χ4n) is 4.20. The van der Waals surface area contributed by atoms with Gasteiger partial charge in [-0.15, -0.1) is 6.42 Å². The van der Waals surface area contributed by atoms with Gasteiger partial charge in [-0.1, -0.05) is 25.7 Å². The SMILES string of the molecule is C#CC1(OC(C)=O)CC(C)N(C)C2CCCCC21C. The van der Waals surface area contributed by atoms with Crippen LogP contribution in [0.4, 0.5) is 0 Å². The minimum absolute atomic E-state index is 0.132. The van der Waals surface area contributed by atoms with Crippen LogP contribution < -0.4 is 0 Å². The first-order chi connectivity index (χ1) is 8.86. The summed E-state index contributed by atoms with van der Waals surface area (Å²) in [6.45, 7) is 5.84. The lowest BCUT2D eigenvalue weighted by atomic mass is 9.57. The van der Waals surface area contributed by atoms with Crippen molar-refractivity contribution in [1.82, 2.24) is 4.90 Å². The third-order valence-corrected chi connectivity index (χ3v) is 5.40. The molecule has 1 heterocycles. The Morgan fingerprint density at radius 2 is 2.16 bits per heavy atom. The predicted octanol–water partition coefficient (Wildman–Crippen LogP) is 2.59. The van der Waals surface area contributed by atoms with Crippen molar-refractivity contribution in [2.75, 3.05) is 7.05 Å². The first-order valence-corrected chi connectivity index (χ1v) is 7.25. The summed E-state index contributed by atoms with van der Waals surface area (Å²) in [7, 11) is 2.17. The molecule has 0 amide bonds. The highest BCUT2D eigenvalue weighted by Gasteiger charge is 2.60. The number of ether oxygens (including phenoxy) is 1. The molecular formula is C16H25NO2. The molecule has 1 saturated heterocycles. The van der Waals surface area contributed by atoms with Crippen molar-refractivity contribution in [3.63, 3.8) is 0 Å². The quantitative estimate of drug-likeness (QED) is 0.538. The summed E-state index contributed by atoms with van der Waals surface area (Å²) < 4.78 is 5.72. The summed E-state index contributed by atoms with van der Waals surface area (Å²) in [6, 6.07) is 0.743. The van der Waals surface area contributed by atoms with Gasteiger partial charge >= 0.3 is 5.97 Å². The van der Waals surface area contributed by atoms with Crippen molar-refractivity contribution in [3.8, 4) is 12.3 Å². The molecule has 0 aromatic rings. The van der Waals surface area contributed by atoms with E-state index in [1.165, 1.54) is 19.8 Å². The van der Waals surface area contributed by atoms with Gasteiger partial charge in [0.05, 0.1) is 0 Å². The van der Waals surface area contributed by atoms with E-state index < -0.39 is 5.60 Å². The fraction of sp³-hybridized carbons (Fsp3) is 0.812.